The van der Waals surface area contributed by atoms with Crippen LogP contribution in [0.4, 0.5) is 0 Å². The predicted octanol–water partition coefficient (Wildman–Crippen LogP) is 1.15. The van der Waals surface area contributed by atoms with Crippen LogP contribution >= 0.6 is 0 Å². The van der Waals surface area contributed by atoms with Crippen molar-refractivity contribution in [1.29, 1.82) is 0 Å². The molecule has 0 aromatic heterocycles. The Morgan fingerprint density at radius 3 is 0.714 bits per heavy atom. The van der Waals surface area contributed by atoms with E-state index in [1.54, 1.807) is 0 Å². The monoisotopic (exact) mass is 520 g/mol. The van der Waals surface area contributed by atoms with Crippen LogP contribution < -0.4 is 0 Å². The number of hydrogen-bond donors (Lipinski definition) is 0. The average Bonchev–Trinajstić information content (AvgIpc) is 3.40. The van der Waals surface area contributed by atoms with Crippen molar-refractivity contribution >= 4 is 63.0 Å². The molecule has 0 aliphatic carbocycles. The quantitative estimate of drug-likeness (QED) is 0.333. The molecular formula is C17H16As4. The molecule has 21 heavy (non-hydrogen) atoms. The minimum atomic E-state index is 0. The molecule has 4 aliphatic heterocycles. The van der Waals surface area contributed by atoms with E-state index in [0.717, 1.165) is 0 Å². The minimum absolute atomic E-state index is 0. The van der Waals surface area contributed by atoms with Gasteiger partial charge in [-0.05, 0) is 0 Å². The Hall–Kier alpha value is 0.154. The summed E-state index contributed by atoms with van der Waals surface area (Å²) in [5.41, 5.74) is 0. The van der Waals surface area contributed by atoms with Crippen LogP contribution in [0.15, 0.2) is 68.1 Å². The Labute approximate surface area is 156 Å². The summed E-state index contributed by atoms with van der Waals surface area (Å²) < 4.78 is 0. The van der Waals surface area contributed by atoms with Gasteiger partial charge in [-0.15, -0.1) is 0 Å². The van der Waals surface area contributed by atoms with Crippen molar-refractivity contribution in [2.75, 3.05) is 0 Å². The molecule has 0 nitrogen and oxygen atoms in total. The van der Waals surface area contributed by atoms with Crippen molar-refractivity contribution in [1.82, 2.24) is 0 Å². The van der Waals surface area contributed by atoms with Crippen molar-refractivity contribution in [2.45, 2.75) is 0 Å². The first-order chi connectivity index (χ1) is 10.0. The molecular weight excluding hydrogens is 504 g/mol. The Kier molecular flexibility index (Phi) is 18.3. The summed E-state index contributed by atoms with van der Waals surface area (Å²) >= 11 is 0.611. The summed E-state index contributed by atoms with van der Waals surface area (Å²) in [7, 11) is 0. The van der Waals surface area contributed by atoms with Crippen molar-refractivity contribution in [3.05, 3.63) is 94.9 Å². The van der Waals surface area contributed by atoms with Gasteiger partial charge >= 0.3 is 158 Å². The Bertz CT molecular complexity index is 335. The zero-order chi connectivity index (χ0) is 14.1. The van der Waals surface area contributed by atoms with E-state index in [0.29, 0.717) is 0 Å². The molecule has 4 unspecified atom stereocenters. The molecule has 0 aromatic rings. The topological polar surface area (TPSA) is 0 Å². The molecule has 4 heteroatoms. The fraction of sp³-hybridized carbons (Fsp3) is 0. The van der Waals surface area contributed by atoms with Crippen molar-refractivity contribution < 1.29 is 0 Å². The molecule has 4 heterocycles. The second-order valence-electron chi connectivity index (χ2n) is 3.26. The number of hydrogen-bond acceptors (Lipinski definition) is 0. The molecule has 0 amide bonds. The summed E-state index contributed by atoms with van der Waals surface area (Å²) in [6, 6.07) is 0. The Morgan fingerprint density at radius 1 is 0.429 bits per heavy atom. The van der Waals surface area contributed by atoms with E-state index < -0.39 is 0 Å². The third-order valence-corrected chi connectivity index (χ3v) is 7.58. The van der Waals surface area contributed by atoms with Gasteiger partial charge in [0.05, 0.1) is 0 Å². The van der Waals surface area contributed by atoms with Gasteiger partial charge in [0, 0.05) is 0 Å². The molecule has 0 N–H and O–H groups in total. The predicted molar refractivity (Wildman–Crippen MR) is 99.7 cm³/mol. The van der Waals surface area contributed by atoms with E-state index in [2.05, 4.69) is 63.2 Å². The van der Waals surface area contributed by atoms with Crippen molar-refractivity contribution in [3.8, 4) is 0 Å². The second kappa shape index (κ2) is 18.2. The van der Waals surface area contributed by atoms with E-state index in [1.807, 2.05) is 24.3 Å². The van der Waals surface area contributed by atoms with Gasteiger partial charge in [-0.2, -0.15) is 0 Å². The van der Waals surface area contributed by atoms with Gasteiger partial charge in [-0.3, -0.25) is 0 Å². The summed E-state index contributed by atoms with van der Waals surface area (Å²) in [6.07, 6.45) is 16.2. The van der Waals surface area contributed by atoms with E-state index in [1.165, 1.54) is 0 Å². The zero-order valence-electron chi connectivity index (χ0n) is 11.4. The van der Waals surface area contributed by atoms with Gasteiger partial charge in [-0.1, -0.05) is 0 Å². The fourth-order valence-electron chi connectivity index (χ4n) is 0.962. The molecule has 0 saturated heterocycles. The molecule has 0 radical (unpaired) electrons. The first-order valence-corrected chi connectivity index (χ1v) is 15.0. The van der Waals surface area contributed by atoms with Crippen molar-refractivity contribution in [2.24, 2.45) is 0 Å². The van der Waals surface area contributed by atoms with E-state index in [9.17, 15) is 0 Å². The van der Waals surface area contributed by atoms with Crippen LogP contribution in [0.5, 0.6) is 0 Å². The van der Waals surface area contributed by atoms with Gasteiger partial charge in [0.1, 0.15) is 0 Å². The normalized spacial score (nSPS) is 21.3. The first-order valence-electron chi connectivity index (χ1n) is 5.98. The molecule has 0 aromatic carbocycles. The summed E-state index contributed by atoms with van der Waals surface area (Å²) in [4.78, 5) is 21.2. The van der Waals surface area contributed by atoms with Gasteiger partial charge in [0.15, 0.2) is 0 Å². The maximum atomic E-state index is 3.11. The van der Waals surface area contributed by atoms with Gasteiger partial charge in [0.2, 0.25) is 0 Å². The molecule has 0 bridgehead atoms. The first kappa shape index (κ1) is 21.2. The summed E-state index contributed by atoms with van der Waals surface area (Å²) in [6.45, 7) is 0. The Morgan fingerprint density at radius 2 is 0.667 bits per heavy atom. The fourth-order valence-corrected chi connectivity index (χ4v) is 5.00. The van der Waals surface area contributed by atoms with Gasteiger partial charge in [0.25, 0.3) is 0 Å². The van der Waals surface area contributed by atoms with E-state index >= 15 is 0 Å². The molecule has 4 atom stereocenters. The summed E-state index contributed by atoms with van der Waals surface area (Å²) in [5.74, 6) is 0. The van der Waals surface area contributed by atoms with Gasteiger partial charge < -0.3 is 0 Å². The van der Waals surface area contributed by atoms with Crippen LogP contribution in [0.1, 0.15) is 0 Å². The van der Waals surface area contributed by atoms with Crippen LogP contribution in [0.25, 0.3) is 0 Å². The van der Waals surface area contributed by atoms with Crippen LogP contribution in [0.3, 0.4) is 0 Å². The SMILES string of the molecule is [C+4].[C-]1=CC=C[AsH]1.[C-]1=CC=C[AsH]1.[C-]1=CC=C[AsH]1.[C-]1=CC=C[AsH]1. The van der Waals surface area contributed by atoms with Crippen LogP contribution in [0, 0.1) is 26.9 Å². The average molecular weight is 520 g/mol. The van der Waals surface area contributed by atoms with Crippen LogP contribution in [0.2, 0.25) is 0 Å². The summed E-state index contributed by atoms with van der Waals surface area (Å²) in [5, 5.41) is 0. The van der Waals surface area contributed by atoms with Crippen LogP contribution in [-0.2, 0) is 0 Å². The van der Waals surface area contributed by atoms with Gasteiger partial charge in [-0.25, -0.2) is 0 Å². The zero-order valence-corrected chi connectivity index (χ0v) is 19.8. The van der Waals surface area contributed by atoms with E-state index in [4.69, 9.17) is 0 Å². The molecule has 0 spiro atoms. The Balaban J connectivity index is 0.000000250. The molecule has 4 rings (SSSR count). The number of rotatable bonds is 0. The van der Waals surface area contributed by atoms with Crippen LogP contribution in [-0.4, -0.2) is 63.0 Å². The van der Waals surface area contributed by atoms with Crippen molar-refractivity contribution in [3.63, 3.8) is 0 Å². The molecule has 4 aliphatic rings. The molecule has 0 saturated carbocycles. The second-order valence-corrected chi connectivity index (χ2v) is 10.9. The third-order valence-electron chi connectivity index (χ3n) is 1.77. The molecule has 104 valence electrons. The standard InChI is InChI=1S/4C4H4As.C/c4*1-2-4-5-3-1;/h4*1-3,5H;/q4*-1;+4. The number of allylic oxidation sites excluding steroid dienone is 8. The van der Waals surface area contributed by atoms with E-state index in [-0.39, 0.29) is 70.4 Å². The third kappa shape index (κ3) is 16.4. The molecule has 0 fully saturated rings. The maximum absolute atomic E-state index is 3.11.